The lowest BCUT2D eigenvalue weighted by Gasteiger charge is -2.09. The van der Waals surface area contributed by atoms with E-state index >= 15 is 0 Å². The molecule has 3 aromatic carbocycles. The lowest BCUT2D eigenvalue weighted by atomic mass is 9.99. The molecule has 0 atom stereocenters. The summed E-state index contributed by atoms with van der Waals surface area (Å²) in [6, 6.07) is 17.0. The number of thiophene rings is 1. The van der Waals surface area contributed by atoms with Crippen molar-refractivity contribution in [2.24, 2.45) is 0 Å². The van der Waals surface area contributed by atoms with Crippen molar-refractivity contribution in [3.8, 4) is 0 Å². The van der Waals surface area contributed by atoms with Gasteiger partial charge >= 0.3 is 0 Å². The molecule has 0 N–H and O–H groups in total. The third-order valence-electron chi connectivity index (χ3n) is 4.52. The van der Waals surface area contributed by atoms with E-state index in [4.69, 9.17) is 9.97 Å². The number of aromatic nitrogens is 2. The smallest absolute Gasteiger partial charge is 0.103 e. The molecular formula is C24H26N2S. The molecule has 2 aromatic heterocycles. The largest absolute Gasteiger partial charge is 0.243 e. The van der Waals surface area contributed by atoms with Crippen LogP contribution in [0, 0.1) is 13.8 Å². The second-order valence-electron chi connectivity index (χ2n) is 5.92. The summed E-state index contributed by atoms with van der Waals surface area (Å²) in [4.78, 5) is 12.5. The zero-order chi connectivity index (χ0) is 19.6. The Morgan fingerprint density at radius 3 is 1.22 bits per heavy atom. The van der Waals surface area contributed by atoms with Crippen molar-refractivity contribution in [1.82, 2.24) is 9.97 Å². The van der Waals surface area contributed by atoms with Crippen LogP contribution in [0.4, 0.5) is 0 Å². The summed E-state index contributed by atoms with van der Waals surface area (Å²) in [5.41, 5.74) is 4.10. The standard InChI is InChI=1S/C20H14N2S.2C2H6/c1-11-17-18(12(2)23-11)22-20-16-10-6-4-8-14(16)13-7-3-5-9-15(13)19(20)21-17;2*1-2/h3-10H,1-2H3;2*1-2H3. The number of hydrogen-bond donors (Lipinski definition) is 0. The number of hydrogen-bond acceptors (Lipinski definition) is 3. The maximum atomic E-state index is 5.02. The first kappa shape index (κ1) is 19.2. The average Bonchev–Trinajstić information content (AvgIpc) is 3.03. The molecule has 0 fully saturated rings. The minimum atomic E-state index is 1.01. The van der Waals surface area contributed by atoms with Crippen LogP contribution in [0.25, 0.3) is 43.6 Å². The molecule has 0 amide bonds. The third-order valence-corrected chi connectivity index (χ3v) is 5.52. The third kappa shape index (κ3) is 3.06. The minimum Gasteiger partial charge on any atom is -0.243 e. The van der Waals surface area contributed by atoms with Crippen molar-refractivity contribution in [3.63, 3.8) is 0 Å². The lowest BCUT2D eigenvalue weighted by Crippen LogP contribution is -1.90. The predicted octanol–water partition coefficient (Wildman–Crippen LogP) is 7.82. The highest BCUT2D eigenvalue weighted by Crippen LogP contribution is 2.36. The molecular weight excluding hydrogens is 348 g/mol. The van der Waals surface area contributed by atoms with E-state index in [9.17, 15) is 0 Å². The molecule has 0 saturated heterocycles. The molecule has 0 aliphatic carbocycles. The van der Waals surface area contributed by atoms with Gasteiger partial charge in [-0.1, -0.05) is 76.2 Å². The van der Waals surface area contributed by atoms with Crippen LogP contribution in [-0.4, -0.2) is 9.97 Å². The van der Waals surface area contributed by atoms with Gasteiger partial charge in [-0.05, 0) is 24.6 Å². The van der Waals surface area contributed by atoms with E-state index in [1.165, 1.54) is 31.3 Å². The molecule has 5 aromatic rings. The molecule has 27 heavy (non-hydrogen) atoms. The Morgan fingerprint density at radius 2 is 0.852 bits per heavy atom. The van der Waals surface area contributed by atoms with Crippen LogP contribution < -0.4 is 0 Å². The van der Waals surface area contributed by atoms with Crippen LogP contribution >= 0.6 is 11.3 Å². The number of aryl methyl sites for hydroxylation is 2. The SMILES string of the molecule is CC.CC.Cc1sc(C)c2nc3c4ccccc4c4ccccc4c3nc12. The molecule has 0 saturated carbocycles. The van der Waals surface area contributed by atoms with Gasteiger partial charge in [0.05, 0.1) is 11.0 Å². The molecule has 0 bridgehead atoms. The number of fused-ring (bicyclic) bond motifs is 7. The first-order valence-electron chi connectivity index (χ1n) is 9.71. The Morgan fingerprint density at radius 1 is 0.519 bits per heavy atom. The fourth-order valence-electron chi connectivity index (χ4n) is 3.48. The quantitative estimate of drug-likeness (QED) is 0.258. The summed E-state index contributed by atoms with van der Waals surface area (Å²) < 4.78 is 0. The van der Waals surface area contributed by atoms with Crippen molar-refractivity contribution >= 4 is 54.9 Å². The summed E-state index contributed by atoms with van der Waals surface area (Å²) >= 11 is 1.78. The molecule has 2 heterocycles. The topological polar surface area (TPSA) is 25.8 Å². The van der Waals surface area contributed by atoms with Crippen LogP contribution in [0.15, 0.2) is 48.5 Å². The highest BCUT2D eigenvalue weighted by molar-refractivity contribution is 7.13. The molecule has 5 rings (SSSR count). The van der Waals surface area contributed by atoms with E-state index in [1.807, 2.05) is 27.7 Å². The second kappa shape index (κ2) is 8.01. The molecule has 0 unspecified atom stereocenters. The Bertz CT molecular complexity index is 1140. The second-order valence-corrected chi connectivity index (χ2v) is 7.35. The van der Waals surface area contributed by atoms with Crippen molar-refractivity contribution in [2.75, 3.05) is 0 Å². The highest BCUT2D eigenvalue weighted by Gasteiger charge is 2.14. The number of nitrogens with zero attached hydrogens (tertiary/aromatic N) is 2. The van der Waals surface area contributed by atoms with Crippen LogP contribution in [-0.2, 0) is 0 Å². The number of rotatable bonds is 0. The minimum absolute atomic E-state index is 1.01. The van der Waals surface area contributed by atoms with Crippen LogP contribution in [0.2, 0.25) is 0 Å². The Balaban J connectivity index is 0.000000495. The van der Waals surface area contributed by atoms with Gasteiger partial charge in [0.1, 0.15) is 11.0 Å². The van der Waals surface area contributed by atoms with E-state index in [1.54, 1.807) is 11.3 Å². The zero-order valence-electron chi connectivity index (χ0n) is 16.9. The first-order valence-corrected chi connectivity index (χ1v) is 10.5. The first-order chi connectivity index (χ1) is 13.2. The summed E-state index contributed by atoms with van der Waals surface area (Å²) in [5, 5.41) is 4.85. The molecule has 0 aliphatic rings. The van der Waals surface area contributed by atoms with Crippen molar-refractivity contribution in [2.45, 2.75) is 41.5 Å². The maximum absolute atomic E-state index is 5.02. The van der Waals surface area contributed by atoms with E-state index < -0.39 is 0 Å². The van der Waals surface area contributed by atoms with E-state index in [0.29, 0.717) is 0 Å². The lowest BCUT2D eigenvalue weighted by molar-refractivity contribution is 1.40. The molecule has 0 radical (unpaired) electrons. The Hall–Kier alpha value is -2.52. The van der Waals surface area contributed by atoms with Gasteiger partial charge in [-0.25, -0.2) is 9.97 Å². The van der Waals surface area contributed by atoms with Crippen LogP contribution in [0.1, 0.15) is 37.4 Å². The maximum Gasteiger partial charge on any atom is 0.103 e. The number of benzene rings is 3. The van der Waals surface area contributed by atoms with Crippen molar-refractivity contribution < 1.29 is 0 Å². The monoisotopic (exact) mass is 374 g/mol. The summed E-state index contributed by atoms with van der Waals surface area (Å²) in [6.07, 6.45) is 0. The average molecular weight is 375 g/mol. The normalized spacial score (nSPS) is 10.6. The molecule has 138 valence electrons. The van der Waals surface area contributed by atoms with Gasteiger partial charge in [-0.3, -0.25) is 0 Å². The summed E-state index contributed by atoms with van der Waals surface area (Å²) in [7, 11) is 0. The van der Waals surface area contributed by atoms with Gasteiger partial charge < -0.3 is 0 Å². The van der Waals surface area contributed by atoms with Gasteiger partial charge in [0, 0.05) is 20.5 Å². The van der Waals surface area contributed by atoms with Gasteiger partial charge in [0.15, 0.2) is 0 Å². The van der Waals surface area contributed by atoms with Gasteiger partial charge in [-0.2, -0.15) is 0 Å². The van der Waals surface area contributed by atoms with Crippen LogP contribution in [0.3, 0.4) is 0 Å². The Labute approximate surface area is 164 Å². The van der Waals surface area contributed by atoms with Gasteiger partial charge in [0.2, 0.25) is 0 Å². The van der Waals surface area contributed by atoms with E-state index in [-0.39, 0.29) is 0 Å². The fraction of sp³-hybridized carbons (Fsp3) is 0.250. The van der Waals surface area contributed by atoms with E-state index in [0.717, 1.165) is 22.1 Å². The summed E-state index contributed by atoms with van der Waals surface area (Å²) in [6.45, 7) is 12.3. The fourth-order valence-corrected chi connectivity index (χ4v) is 4.41. The predicted molar refractivity (Wildman–Crippen MR) is 122 cm³/mol. The molecule has 0 spiro atoms. The summed E-state index contributed by atoms with van der Waals surface area (Å²) in [5.74, 6) is 0. The molecule has 0 aliphatic heterocycles. The molecule has 2 nitrogen and oxygen atoms in total. The van der Waals surface area contributed by atoms with Crippen molar-refractivity contribution in [1.29, 1.82) is 0 Å². The molecule has 3 heteroatoms. The highest BCUT2D eigenvalue weighted by atomic mass is 32.1. The van der Waals surface area contributed by atoms with Gasteiger partial charge in [-0.15, -0.1) is 11.3 Å². The van der Waals surface area contributed by atoms with Crippen LogP contribution in [0.5, 0.6) is 0 Å². The van der Waals surface area contributed by atoms with Gasteiger partial charge in [0.25, 0.3) is 0 Å². The van der Waals surface area contributed by atoms with E-state index in [2.05, 4.69) is 62.4 Å². The van der Waals surface area contributed by atoms with Crippen molar-refractivity contribution in [3.05, 3.63) is 58.3 Å². The Kier molecular flexibility index (Phi) is 5.71. The zero-order valence-corrected chi connectivity index (χ0v) is 17.7.